The highest BCUT2D eigenvalue weighted by Gasteiger charge is 2.21. The molecule has 2 aliphatic rings. The Morgan fingerprint density at radius 2 is 1.96 bits per heavy atom. The standard InChI is InChI=1S/C23H36N4O/c1-3-18-10-12-21(13-11-18)26-23(24-4-2)25-16-19-7-5-8-20(15-19)17-27-14-6-9-22(27)28/h5,7-8,15,18,21H,3-4,6,9-14,16-17H2,1-2H3,(H2,24,25,26). The fraction of sp³-hybridized carbons (Fsp3) is 0.652. The Bertz CT molecular complexity index is 664. The largest absolute Gasteiger partial charge is 0.357 e. The van der Waals surface area contributed by atoms with Gasteiger partial charge in [-0.2, -0.15) is 0 Å². The Kier molecular flexibility index (Phi) is 7.75. The van der Waals surface area contributed by atoms with Gasteiger partial charge in [-0.25, -0.2) is 4.99 Å². The Balaban J connectivity index is 1.56. The Labute approximate surface area is 170 Å². The van der Waals surface area contributed by atoms with E-state index in [0.717, 1.165) is 37.9 Å². The summed E-state index contributed by atoms with van der Waals surface area (Å²) < 4.78 is 0. The van der Waals surface area contributed by atoms with Crippen LogP contribution < -0.4 is 10.6 Å². The van der Waals surface area contributed by atoms with Crippen LogP contribution in [0.5, 0.6) is 0 Å². The zero-order valence-corrected chi connectivity index (χ0v) is 17.5. The van der Waals surface area contributed by atoms with E-state index < -0.39 is 0 Å². The topological polar surface area (TPSA) is 56.7 Å². The monoisotopic (exact) mass is 384 g/mol. The van der Waals surface area contributed by atoms with Crippen molar-refractivity contribution in [3.63, 3.8) is 0 Å². The molecule has 1 aromatic rings. The molecular formula is C23H36N4O. The first-order chi connectivity index (χ1) is 13.7. The molecule has 1 heterocycles. The summed E-state index contributed by atoms with van der Waals surface area (Å²) >= 11 is 0. The van der Waals surface area contributed by atoms with Gasteiger partial charge in [-0.1, -0.05) is 37.6 Å². The number of hydrogen-bond donors (Lipinski definition) is 2. The van der Waals surface area contributed by atoms with Crippen molar-refractivity contribution in [2.24, 2.45) is 10.9 Å². The fourth-order valence-electron chi connectivity index (χ4n) is 4.32. The number of rotatable bonds is 7. The summed E-state index contributed by atoms with van der Waals surface area (Å²) in [6.45, 7) is 7.54. The van der Waals surface area contributed by atoms with Crippen LogP contribution in [-0.2, 0) is 17.9 Å². The van der Waals surface area contributed by atoms with Crippen LogP contribution in [0.15, 0.2) is 29.3 Å². The number of aliphatic imine (C=N–C) groups is 1. The van der Waals surface area contributed by atoms with Gasteiger partial charge in [0.2, 0.25) is 5.91 Å². The highest BCUT2D eigenvalue weighted by Crippen LogP contribution is 2.26. The first kappa shape index (κ1) is 20.7. The Morgan fingerprint density at radius 3 is 2.64 bits per heavy atom. The van der Waals surface area contributed by atoms with Crippen LogP contribution in [0.25, 0.3) is 0 Å². The van der Waals surface area contributed by atoms with E-state index in [0.29, 0.717) is 19.0 Å². The van der Waals surface area contributed by atoms with E-state index in [-0.39, 0.29) is 5.91 Å². The summed E-state index contributed by atoms with van der Waals surface area (Å²) in [7, 11) is 0. The zero-order chi connectivity index (χ0) is 19.8. The third-order valence-corrected chi connectivity index (χ3v) is 6.07. The molecule has 1 aromatic carbocycles. The summed E-state index contributed by atoms with van der Waals surface area (Å²) in [6, 6.07) is 9.02. The number of amides is 1. The Morgan fingerprint density at radius 1 is 1.18 bits per heavy atom. The molecule has 154 valence electrons. The molecule has 1 aliphatic carbocycles. The first-order valence-electron chi connectivity index (χ1n) is 11.1. The molecule has 5 heteroatoms. The van der Waals surface area contributed by atoms with Gasteiger partial charge in [-0.15, -0.1) is 0 Å². The SMILES string of the molecule is CCNC(=NCc1cccc(CN2CCCC2=O)c1)NC1CCC(CC)CC1. The average molecular weight is 385 g/mol. The van der Waals surface area contributed by atoms with Gasteiger partial charge in [-0.05, 0) is 56.1 Å². The molecule has 3 rings (SSSR count). The second-order valence-corrected chi connectivity index (χ2v) is 8.20. The first-order valence-corrected chi connectivity index (χ1v) is 11.1. The number of nitrogens with one attached hydrogen (secondary N) is 2. The molecule has 1 saturated heterocycles. The molecule has 0 spiro atoms. The minimum absolute atomic E-state index is 0.278. The summed E-state index contributed by atoms with van der Waals surface area (Å²) in [4.78, 5) is 18.6. The second-order valence-electron chi connectivity index (χ2n) is 8.20. The van der Waals surface area contributed by atoms with Gasteiger partial charge in [0.15, 0.2) is 5.96 Å². The molecule has 0 atom stereocenters. The number of carbonyl (C=O) groups excluding carboxylic acids is 1. The molecule has 0 bridgehead atoms. The van der Waals surface area contributed by atoms with E-state index in [1.165, 1.54) is 43.2 Å². The number of hydrogen-bond acceptors (Lipinski definition) is 2. The third-order valence-electron chi connectivity index (χ3n) is 6.07. The van der Waals surface area contributed by atoms with Crippen LogP contribution in [0.2, 0.25) is 0 Å². The lowest BCUT2D eigenvalue weighted by Crippen LogP contribution is -2.44. The smallest absolute Gasteiger partial charge is 0.222 e. The lowest BCUT2D eigenvalue weighted by molar-refractivity contribution is -0.128. The van der Waals surface area contributed by atoms with Crippen LogP contribution in [0, 0.1) is 5.92 Å². The average Bonchev–Trinajstić information content (AvgIpc) is 3.12. The summed E-state index contributed by atoms with van der Waals surface area (Å²) in [5, 5.41) is 7.03. The Hall–Kier alpha value is -2.04. The van der Waals surface area contributed by atoms with Crippen molar-refractivity contribution in [2.45, 2.75) is 77.9 Å². The summed E-state index contributed by atoms with van der Waals surface area (Å²) in [5.74, 6) is 2.10. The predicted molar refractivity (Wildman–Crippen MR) is 115 cm³/mol. The minimum atomic E-state index is 0.278. The van der Waals surface area contributed by atoms with E-state index in [9.17, 15) is 4.79 Å². The number of nitrogens with zero attached hydrogens (tertiary/aromatic N) is 2. The molecule has 1 saturated carbocycles. The van der Waals surface area contributed by atoms with E-state index in [4.69, 9.17) is 4.99 Å². The molecule has 2 N–H and O–H groups in total. The third kappa shape index (κ3) is 5.98. The number of guanidine groups is 1. The maximum Gasteiger partial charge on any atom is 0.222 e. The van der Waals surface area contributed by atoms with Gasteiger partial charge in [0, 0.05) is 32.1 Å². The zero-order valence-electron chi connectivity index (χ0n) is 17.5. The molecule has 0 aromatic heterocycles. The van der Waals surface area contributed by atoms with Crippen LogP contribution in [0.1, 0.15) is 69.9 Å². The van der Waals surface area contributed by atoms with Gasteiger partial charge in [-0.3, -0.25) is 4.79 Å². The van der Waals surface area contributed by atoms with Crippen molar-refractivity contribution in [2.75, 3.05) is 13.1 Å². The maximum absolute atomic E-state index is 11.9. The number of benzene rings is 1. The summed E-state index contributed by atoms with van der Waals surface area (Å²) in [6.07, 6.45) is 8.11. The van der Waals surface area contributed by atoms with Crippen molar-refractivity contribution in [3.8, 4) is 0 Å². The molecule has 1 amide bonds. The van der Waals surface area contributed by atoms with Gasteiger partial charge >= 0.3 is 0 Å². The van der Waals surface area contributed by atoms with Crippen molar-refractivity contribution < 1.29 is 4.79 Å². The van der Waals surface area contributed by atoms with Crippen molar-refractivity contribution in [1.29, 1.82) is 0 Å². The normalized spacial score (nSPS) is 23.1. The van der Waals surface area contributed by atoms with Crippen LogP contribution >= 0.6 is 0 Å². The van der Waals surface area contributed by atoms with E-state index in [1.807, 2.05) is 4.90 Å². The lowest BCUT2D eigenvalue weighted by atomic mass is 9.84. The second kappa shape index (κ2) is 10.5. The van der Waals surface area contributed by atoms with Crippen LogP contribution in [0.3, 0.4) is 0 Å². The predicted octanol–water partition coefficient (Wildman–Crippen LogP) is 3.83. The quantitative estimate of drug-likeness (QED) is 0.555. The molecular weight excluding hydrogens is 348 g/mol. The van der Waals surface area contributed by atoms with Crippen LogP contribution in [-0.4, -0.2) is 35.9 Å². The van der Waals surface area contributed by atoms with E-state index >= 15 is 0 Å². The van der Waals surface area contributed by atoms with Crippen molar-refractivity contribution in [1.82, 2.24) is 15.5 Å². The highest BCUT2D eigenvalue weighted by atomic mass is 16.2. The van der Waals surface area contributed by atoms with E-state index in [2.05, 4.69) is 48.7 Å². The molecule has 28 heavy (non-hydrogen) atoms. The highest BCUT2D eigenvalue weighted by molar-refractivity contribution is 5.80. The van der Waals surface area contributed by atoms with Crippen molar-refractivity contribution >= 4 is 11.9 Å². The minimum Gasteiger partial charge on any atom is -0.357 e. The maximum atomic E-state index is 11.9. The van der Waals surface area contributed by atoms with Gasteiger partial charge < -0.3 is 15.5 Å². The van der Waals surface area contributed by atoms with Gasteiger partial charge in [0.25, 0.3) is 0 Å². The van der Waals surface area contributed by atoms with Crippen molar-refractivity contribution in [3.05, 3.63) is 35.4 Å². The molecule has 1 aliphatic heterocycles. The molecule has 5 nitrogen and oxygen atoms in total. The van der Waals surface area contributed by atoms with Gasteiger partial charge in [0.1, 0.15) is 0 Å². The van der Waals surface area contributed by atoms with Gasteiger partial charge in [0.05, 0.1) is 6.54 Å². The number of carbonyl (C=O) groups is 1. The summed E-state index contributed by atoms with van der Waals surface area (Å²) in [5.41, 5.74) is 2.38. The van der Waals surface area contributed by atoms with Crippen LogP contribution in [0.4, 0.5) is 0 Å². The molecule has 0 unspecified atom stereocenters. The molecule has 0 radical (unpaired) electrons. The molecule has 2 fully saturated rings. The lowest BCUT2D eigenvalue weighted by Gasteiger charge is -2.29. The number of likely N-dealkylation sites (tertiary alicyclic amines) is 1. The fourth-order valence-corrected chi connectivity index (χ4v) is 4.32. The van der Waals surface area contributed by atoms with E-state index in [1.54, 1.807) is 0 Å².